The van der Waals surface area contributed by atoms with Gasteiger partial charge in [-0.2, -0.15) is 0 Å². The lowest BCUT2D eigenvalue weighted by Crippen LogP contribution is -2.51. The van der Waals surface area contributed by atoms with E-state index in [1.165, 1.54) is 0 Å². The number of hydrogen-bond donors (Lipinski definition) is 1. The molecule has 2 aromatic carbocycles. The molecule has 1 aliphatic heterocycles. The average Bonchev–Trinajstić information content (AvgIpc) is 2.78. The first-order valence-electron chi connectivity index (χ1n) is 11.7. The van der Waals surface area contributed by atoms with E-state index in [1.54, 1.807) is 24.3 Å². The van der Waals surface area contributed by atoms with E-state index >= 15 is 0 Å². The maximum atomic E-state index is 12.9. The molecule has 0 atom stereocenters. The molecule has 0 spiro atoms. The van der Waals surface area contributed by atoms with Gasteiger partial charge in [-0.3, -0.25) is 9.59 Å². The highest BCUT2D eigenvalue weighted by Gasteiger charge is 2.30. The topological polar surface area (TPSA) is 71.1 Å². The monoisotopic (exact) mass is 487 g/mol. The van der Waals surface area contributed by atoms with Crippen LogP contribution in [0.5, 0.6) is 11.5 Å². The van der Waals surface area contributed by atoms with Crippen molar-refractivity contribution in [1.82, 2.24) is 4.90 Å². The van der Waals surface area contributed by atoms with Crippen molar-refractivity contribution in [1.29, 1.82) is 0 Å². The molecule has 34 heavy (non-hydrogen) atoms. The van der Waals surface area contributed by atoms with Crippen molar-refractivity contribution < 1.29 is 19.1 Å². The predicted octanol–water partition coefficient (Wildman–Crippen LogP) is 5.08. The fourth-order valence-electron chi connectivity index (χ4n) is 3.87. The Morgan fingerprint density at radius 1 is 0.941 bits per heavy atom. The molecule has 0 saturated carbocycles. The summed E-state index contributed by atoms with van der Waals surface area (Å²) in [6.07, 6.45) is 0. The molecular formula is C26H34ClN3O4. The van der Waals surface area contributed by atoms with Crippen LogP contribution in [-0.4, -0.2) is 56.1 Å². The predicted molar refractivity (Wildman–Crippen MR) is 136 cm³/mol. The van der Waals surface area contributed by atoms with Crippen molar-refractivity contribution in [2.75, 3.05) is 49.6 Å². The average molecular weight is 488 g/mol. The smallest absolute Gasteiger partial charge is 0.255 e. The van der Waals surface area contributed by atoms with E-state index in [9.17, 15) is 9.59 Å². The Hall–Kier alpha value is -2.93. The molecule has 0 bridgehead atoms. The molecular weight excluding hydrogens is 454 g/mol. The number of ether oxygens (including phenoxy) is 2. The number of halogens is 1. The van der Waals surface area contributed by atoms with Crippen LogP contribution in [0.2, 0.25) is 5.02 Å². The first-order valence-corrected chi connectivity index (χ1v) is 12.1. The third-order valence-corrected chi connectivity index (χ3v) is 5.82. The van der Waals surface area contributed by atoms with E-state index in [2.05, 4.69) is 10.2 Å². The maximum Gasteiger partial charge on any atom is 0.255 e. The van der Waals surface area contributed by atoms with Gasteiger partial charge in [0.1, 0.15) is 11.5 Å². The minimum Gasteiger partial charge on any atom is -0.494 e. The number of nitrogens with one attached hydrogen (secondary N) is 1. The summed E-state index contributed by atoms with van der Waals surface area (Å²) in [5, 5.41) is 3.45. The first kappa shape index (κ1) is 25.7. The molecule has 8 heteroatoms. The molecule has 1 saturated heterocycles. The summed E-state index contributed by atoms with van der Waals surface area (Å²) in [4.78, 5) is 29.5. The summed E-state index contributed by atoms with van der Waals surface area (Å²) in [5.41, 5.74) is 1.54. The quantitative estimate of drug-likeness (QED) is 0.589. The number of rotatable bonds is 7. The minimum absolute atomic E-state index is 0.164. The lowest BCUT2D eigenvalue weighted by Gasteiger charge is -2.39. The molecule has 0 unspecified atom stereocenters. The van der Waals surface area contributed by atoms with Crippen LogP contribution in [0, 0.1) is 5.41 Å². The standard InChI is InChI=1S/C26H34ClN3O4/c1-6-33-20-14-18(15-21(17-20)34-7-2)24(31)28-19-8-9-23(22(27)16-19)29-10-12-30(13-11-29)25(32)26(3,4)5/h8-9,14-17H,6-7,10-13H2,1-5H3,(H,28,31). The molecule has 0 radical (unpaired) electrons. The highest BCUT2D eigenvalue weighted by molar-refractivity contribution is 6.33. The third-order valence-electron chi connectivity index (χ3n) is 5.52. The molecule has 3 rings (SSSR count). The number of hydrogen-bond acceptors (Lipinski definition) is 5. The first-order chi connectivity index (χ1) is 16.1. The highest BCUT2D eigenvalue weighted by atomic mass is 35.5. The second-order valence-electron chi connectivity index (χ2n) is 9.21. The molecule has 1 heterocycles. The second-order valence-corrected chi connectivity index (χ2v) is 9.62. The van der Waals surface area contributed by atoms with Gasteiger partial charge in [-0.15, -0.1) is 0 Å². The van der Waals surface area contributed by atoms with E-state index in [-0.39, 0.29) is 17.2 Å². The third kappa shape index (κ3) is 6.35. The fraction of sp³-hybridized carbons (Fsp3) is 0.462. The van der Waals surface area contributed by atoms with Crippen molar-refractivity contribution in [2.45, 2.75) is 34.6 Å². The van der Waals surface area contributed by atoms with E-state index in [4.69, 9.17) is 21.1 Å². The van der Waals surface area contributed by atoms with Crippen molar-refractivity contribution in [3.63, 3.8) is 0 Å². The van der Waals surface area contributed by atoms with Crippen LogP contribution in [0.3, 0.4) is 0 Å². The van der Waals surface area contributed by atoms with Crippen LogP contribution in [-0.2, 0) is 4.79 Å². The van der Waals surface area contributed by atoms with Crippen molar-refractivity contribution in [3.05, 3.63) is 47.0 Å². The highest BCUT2D eigenvalue weighted by Crippen LogP contribution is 2.31. The number of amides is 2. The molecule has 2 amide bonds. The van der Waals surface area contributed by atoms with Gasteiger partial charge >= 0.3 is 0 Å². The van der Waals surface area contributed by atoms with Gasteiger partial charge in [-0.05, 0) is 44.2 Å². The zero-order valence-corrected chi connectivity index (χ0v) is 21.4. The molecule has 1 fully saturated rings. The van der Waals surface area contributed by atoms with Crippen LogP contribution in [0.15, 0.2) is 36.4 Å². The summed E-state index contributed by atoms with van der Waals surface area (Å²) in [7, 11) is 0. The molecule has 184 valence electrons. The van der Waals surface area contributed by atoms with Gasteiger partial charge in [0.2, 0.25) is 5.91 Å². The Labute approximate surface area is 207 Å². The van der Waals surface area contributed by atoms with Crippen LogP contribution in [0.1, 0.15) is 45.0 Å². The number of piperazine rings is 1. The summed E-state index contributed by atoms with van der Waals surface area (Å²) >= 11 is 6.58. The normalized spacial score (nSPS) is 14.1. The van der Waals surface area contributed by atoms with Crippen molar-refractivity contribution in [2.24, 2.45) is 5.41 Å². The fourth-order valence-corrected chi connectivity index (χ4v) is 4.17. The van der Waals surface area contributed by atoms with Gasteiger partial charge in [-0.1, -0.05) is 32.4 Å². The van der Waals surface area contributed by atoms with E-state index in [1.807, 2.05) is 51.7 Å². The van der Waals surface area contributed by atoms with Gasteiger partial charge in [0, 0.05) is 48.9 Å². The van der Waals surface area contributed by atoms with Crippen LogP contribution < -0.4 is 19.7 Å². The van der Waals surface area contributed by atoms with Crippen molar-refractivity contribution >= 4 is 34.8 Å². The van der Waals surface area contributed by atoms with Gasteiger partial charge < -0.3 is 24.6 Å². The number of anilines is 2. The minimum atomic E-state index is -0.384. The van der Waals surface area contributed by atoms with Gasteiger partial charge in [0.15, 0.2) is 0 Å². The molecule has 7 nitrogen and oxygen atoms in total. The summed E-state index contributed by atoms with van der Waals surface area (Å²) in [5.74, 6) is 1.05. The summed E-state index contributed by atoms with van der Waals surface area (Å²) < 4.78 is 11.1. The Morgan fingerprint density at radius 2 is 1.53 bits per heavy atom. The van der Waals surface area contributed by atoms with E-state index in [0.717, 1.165) is 5.69 Å². The number of benzene rings is 2. The van der Waals surface area contributed by atoms with Crippen molar-refractivity contribution in [3.8, 4) is 11.5 Å². The van der Waals surface area contributed by atoms with E-state index < -0.39 is 0 Å². The van der Waals surface area contributed by atoms with Gasteiger partial charge in [0.25, 0.3) is 5.91 Å². The maximum absolute atomic E-state index is 12.9. The molecule has 0 aliphatic carbocycles. The Kier molecular flexibility index (Phi) is 8.31. The largest absolute Gasteiger partial charge is 0.494 e. The zero-order chi connectivity index (χ0) is 24.9. The van der Waals surface area contributed by atoms with Crippen LogP contribution >= 0.6 is 11.6 Å². The second kappa shape index (κ2) is 11.0. The Bertz CT molecular complexity index is 1000. The SMILES string of the molecule is CCOc1cc(OCC)cc(C(=O)Nc2ccc(N3CCN(C(=O)C(C)(C)C)CC3)c(Cl)c2)c1. The van der Waals surface area contributed by atoms with E-state index in [0.29, 0.717) is 67.2 Å². The van der Waals surface area contributed by atoms with Crippen LogP contribution in [0.4, 0.5) is 11.4 Å². The molecule has 1 aliphatic rings. The number of carbonyl (C=O) groups is 2. The van der Waals surface area contributed by atoms with Crippen LogP contribution in [0.25, 0.3) is 0 Å². The zero-order valence-electron chi connectivity index (χ0n) is 20.6. The molecule has 0 aromatic heterocycles. The molecule has 2 aromatic rings. The Morgan fingerprint density at radius 3 is 2.03 bits per heavy atom. The van der Waals surface area contributed by atoms with Gasteiger partial charge in [0.05, 0.1) is 23.9 Å². The number of carbonyl (C=O) groups excluding carboxylic acids is 2. The van der Waals surface area contributed by atoms with Gasteiger partial charge in [-0.25, -0.2) is 0 Å². The Balaban J connectivity index is 1.68. The lowest BCUT2D eigenvalue weighted by atomic mass is 9.94. The summed E-state index contributed by atoms with van der Waals surface area (Å²) in [6.45, 7) is 13.3. The lowest BCUT2D eigenvalue weighted by molar-refractivity contribution is -0.139. The number of nitrogens with zero attached hydrogens (tertiary/aromatic N) is 2. The molecule has 1 N–H and O–H groups in total. The summed E-state index contributed by atoms with van der Waals surface area (Å²) in [6, 6.07) is 10.6.